The molecular weight excluding hydrogens is 291 g/mol. The normalized spacial score (nSPS) is 16.8. The van der Waals surface area contributed by atoms with E-state index < -0.39 is 5.82 Å². The van der Waals surface area contributed by atoms with Crippen molar-refractivity contribution in [3.8, 4) is 0 Å². The Bertz CT molecular complexity index is 690. The van der Waals surface area contributed by atoms with Crippen LogP contribution in [-0.2, 0) is 4.79 Å². The topological polar surface area (TPSA) is 41.1 Å². The van der Waals surface area contributed by atoms with Gasteiger partial charge in [0.2, 0.25) is 5.91 Å². The Morgan fingerprint density at radius 2 is 2.10 bits per heavy atom. The van der Waals surface area contributed by atoms with E-state index >= 15 is 0 Å². The minimum absolute atomic E-state index is 0.114. The number of fused-ring (bicyclic) bond motifs is 1. The fourth-order valence-corrected chi connectivity index (χ4v) is 2.73. The maximum atomic E-state index is 13.7. The van der Waals surface area contributed by atoms with E-state index in [1.54, 1.807) is 0 Å². The molecular formula is C16H14ClFN2O. The first-order valence-electron chi connectivity index (χ1n) is 6.74. The molecule has 1 aliphatic rings. The van der Waals surface area contributed by atoms with Crippen molar-refractivity contribution in [2.45, 2.75) is 12.3 Å². The van der Waals surface area contributed by atoms with E-state index in [9.17, 15) is 9.18 Å². The van der Waals surface area contributed by atoms with Gasteiger partial charge < -0.3 is 10.6 Å². The molecule has 2 aromatic rings. The lowest BCUT2D eigenvalue weighted by Crippen LogP contribution is -2.27. The molecule has 108 valence electrons. The molecule has 2 N–H and O–H groups in total. The van der Waals surface area contributed by atoms with Gasteiger partial charge in [-0.2, -0.15) is 0 Å². The summed E-state index contributed by atoms with van der Waals surface area (Å²) in [7, 11) is 0. The van der Waals surface area contributed by atoms with Gasteiger partial charge in [0.05, 0.1) is 11.6 Å². The van der Waals surface area contributed by atoms with Gasteiger partial charge in [-0.25, -0.2) is 4.39 Å². The summed E-state index contributed by atoms with van der Waals surface area (Å²) >= 11 is 5.84. The molecule has 0 saturated carbocycles. The second kappa shape index (κ2) is 5.74. The van der Waals surface area contributed by atoms with Crippen LogP contribution in [0.25, 0.3) is 0 Å². The molecule has 0 aromatic heterocycles. The highest BCUT2D eigenvalue weighted by molar-refractivity contribution is 6.30. The summed E-state index contributed by atoms with van der Waals surface area (Å²) in [5.41, 5.74) is 2.00. The van der Waals surface area contributed by atoms with E-state index in [0.29, 0.717) is 18.0 Å². The first-order chi connectivity index (χ1) is 10.1. The molecule has 1 unspecified atom stereocenters. The minimum atomic E-state index is -0.491. The Morgan fingerprint density at radius 3 is 2.95 bits per heavy atom. The molecule has 0 saturated heterocycles. The standard InChI is InChI=1S/C16H14ClFN2O/c17-10-5-6-13(18)15(9-10)20-16(21)12-7-8-19-14-4-2-1-3-11(12)14/h1-6,9,12,19H,7-8H2,(H,20,21). The lowest BCUT2D eigenvalue weighted by Gasteiger charge is -2.25. The number of hydrogen-bond donors (Lipinski definition) is 2. The van der Waals surface area contributed by atoms with Crippen molar-refractivity contribution in [1.82, 2.24) is 0 Å². The van der Waals surface area contributed by atoms with Crippen LogP contribution < -0.4 is 10.6 Å². The molecule has 21 heavy (non-hydrogen) atoms. The molecule has 1 amide bonds. The van der Waals surface area contributed by atoms with Crippen LogP contribution in [0.15, 0.2) is 42.5 Å². The van der Waals surface area contributed by atoms with Crippen molar-refractivity contribution < 1.29 is 9.18 Å². The molecule has 3 rings (SSSR count). The third-order valence-electron chi connectivity index (χ3n) is 3.59. The average molecular weight is 305 g/mol. The second-order valence-electron chi connectivity index (χ2n) is 4.97. The van der Waals surface area contributed by atoms with E-state index in [1.807, 2.05) is 24.3 Å². The third-order valence-corrected chi connectivity index (χ3v) is 3.82. The number of hydrogen-bond acceptors (Lipinski definition) is 2. The maximum absolute atomic E-state index is 13.7. The number of carbonyl (C=O) groups is 1. The van der Waals surface area contributed by atoms with Crippen molar-refractivity contribution >= 4 is 28.9 Å². The van der Waals surface area contributed by atoms with Gasteiger partial charge in [-0.05, 0) is 36.2 Å². The lowest BCUT2D eigenvalue weighted by molar-refractivity contribution is -0.117. The molecule has 3 nitrogen and oxygen atoms in total. The summed E-state index contributed by atoms with van der Waals surface area (Å²) in [5, 5.41) is 6.28. The summed E-state index contributed by atoms with van der Waals surface area (Å²) < 4.78 is 13.7. The summed E-state index contributed by atoms with van der Waals surface area (Å²) in [4.78, 5) is 12.4. The SMILES string of the molecule is O=C(Nc1cc(Cl)ccc1F)C1CCNc2ccccc21. The van der Waals surface area contributed by atoms with Crippen LogP contribution in [0.2, 0.25) is 5.02 Å². The third kappa shape index (κ3) is 2.85. The van der Waals surface area contributed by atoms with E-state index in [1.165, 1.54) is 18.2 Å². The van der Waals surface area contributed by atoms with Gasteiger partial charge in [0.15, 0.2) is 0 Å². The smallest absolute Gasteiger partial charge is 0.232 e. The number of anilines is 2. The number of carbonyl (C=O) groups excluding carboxylic acids is 1. The Morgan fingerprint density at radius 1 is 1.29 bits per heavy atom. The van der Waals surface area contributed by atoms with Crippen LogP contribution >= 0.6 is 11.6 Å². The Labute approximate surface area is 127 Å². The zero-order valence-corrected chi connectivity index (χ0v) is 12.0. The van der Waals surface area contributed by atoms with Crippen LogP contribution in [0.4, 0.5) is 15.8 Å². The monoisotopic (exact) mass is 304 g/mol. The van der Waals surface area contributed by atoms with Gasteiger partial charge in [0.1, 0.15) is 5.82 Å². The highest BCUT2D eigenvalue weighted by Gasteiger charge is 2.26. The Hall–Kier alpha value is -2.07. The highest BCUT2D eigenvalue weighted by Crippen LogP contribution is 2.32. The Balaban J connectivity index is 1.85. The largest absolute Gasteiger partial charge is 0.385 e. The second-order valence-corrected chi connectivity index (χ2v) is 5.41. The number of benzene rings is 2. The van der Waals surface area contributed by atoms with Gasteiger partial charge in [-0.15, -0.1) is 0 Å². The van der Waals surface area contributed by atoms with Crippen molar-refractivity contribution in [3.05, 3.63) is 58.9 Å². The van der Waals surface area contributed by atoms with Crippen molar-refractivity contribution in [2.75, 3.05) is 17.2 Å². The summed E-state index contributed by atoms with van der Waals surface area (Å²) in [6.07, 6.45) is 0.672. The molecule has 1 heterocycles. The van der Waals surface area contributed by atoms with Crippen molar-refractivity contribution in [3.63, 3.8) is 0 Å². The first kappa shape index (κ1) is 13.9. The fraction of sp³-hybridized carbons (Fsp3) is 0.188. The van der Waals surface area contributed by atoms with E-state index in [-0.39, 0.29) is 17.5 Å². The number of amides is 1. The van der Waals surface area contributed by atoms with E-state index in [4.69, 9.17) is 11.6 Å². The molecule has 1 atom stereocenters. The van der Waals surface area contributed by atoms with E-state index in [2.05, 4.69) is 10.6 Å². The van der Waals surface area contributed by atoms with Crippen LogP contribution in [-0.4, -0.2) is 12.5 Å². The first-order valence-corrected chi connectivity index (χ1v) is 7.11. The predicted octanol–water partition coefficient (Wildman–Crippen LogP) is 4.02. The summed E-state index contributed by atoms with van der Waals surface area (Å²) in [6.45, 7) is 0.715. The number of halogens is 2. The Kier molecular flexibility index (Phi) is 3.80. The van der Waals surface area contributed by atoms with Gasteiger partial charge in [-0.3, -0.25) is 4.79 Å². The zero-order chi connectivity index (χ0) is 14.8. The predicted molar refractivity (Wildman–Crippen MR) is 82.3 cm³/mol. The molecule has 1 aliphatic heterocycles. The molecule has 0 spiro atoms. The van der Waals surface area contributed by atoms with Crippen LogP contribution in [0.3, 0.4) is 0 Å². The van der Waals surface area contributed by atoms with Gasteiger partial charge in [0.25, 0.3) is 0 Å². The average Bonchev–Trinajstić information content (AvgIpc) is 2.50. The van der Waals surface area contributed by atoms with Crippen LogP contribution in [0.1, 0.15) is 17.9 Å². The molecule has 0 fully saturated rings. The highest BCUT2D eigenvalue weighted by atomic mass is 35.5. The lowest BCUT2D eigenvalue weighted by atomic mass is 9.90. The van der Waals surface area contributed by atoms with Crippen LogP contribution in [0, 0.1) is 5.82 Å². The quantitative estimate of drug-likeness (QED) is 0.880. The zero-order valence-electron chi connectivity index (χ0n) is 11.2. The van der Waals surface area contributed by atoms with Gasteiger partial charge in [0, 0.05) is 17.3 Å². The molecule has 2 aromatic carbocycles. The fourth-order valence-electron chi connectivity index (χ4n) is 2.55. The number of rotatable bonds is 2. The molecule has 0 radical (unpaired) electrons. The molecule has 0 aliphatic carbocycles. The van der Waals surface area contributed by atoms with Crippen LogP contribution in [0.5, 0.6) is 0 Å². The van der Waals surface area contributed by atoms with Gasteiger partial charge >= 0.3 is 0 Å². The molecule has 5 heteroatoms. The summed E-state index contributed by atoms with van der Waals surface area (Å²) in [5.74, 6) is -0.999. The minimum Gasteiger partial charge on any atom is -0.385 e. The van der Waals surface area contributed by atoms with E-state index in [0.717, 1.165) is 11.3 Å². The molecule has 0 bridgehead atoms. The maximum Gasteiger partial charge on any atom is 0.232 e. The van der Waals surface area contributed by atoms with Crippen molar-refractivity contribution in [1.29, 1.82) is 0 Å². The van der Waals surface area contributed by atoms with Crippen molar-refractivity contribution in [2.24, 2.45) is 0 Å². The van der Waals surface area contributed by atoms with Gasteiger partial charge in [-0.1, -0.05) is 29.8 Å². The summed E-state index contributed by atoms with van der Waals surface area (Å²) in [6, 6.07) is 11.8. The number of para-hydroxylation sites is 1. The number of nitrogens with one attached hydrogen (secondary N) is 2.